The molecule has 0 atom stereocenters. The molecule has 1 aromatic carbocycles. The van der Waals surface area contributed by atoms with Crippen LogP contribution in [0, 0.1) is 6.92 Å². The third-order valence-electron chi connectivity index (χ3n) is 3.34. The molecule has 1 N–H and O–H groups in total. The summed E-state index contributed by atoms with van der Waals surface area (Å²) in [7, 11) is 4.02. The number of pyridine rings is 1. The van der Waals surface area contributed by atoms with Crippen molar-refractivity contribution in [2.24, 2.45) is 0 Å². The Balaban J connectivity index is 2.72. The van der Waals surface area contributed by atoms with E-state index >= 15 is 0 Å². The van der Waals surface area contributed by atoms with Gasteiger partial charge in [0.25, 0.3) is 5.56 Å². The maximum atomic E-state index is 11.9. The summed E-state index contributed by atoms with van der Waals surface area (Å²) in [5, 5.41) is 0. The van der Waals surface area contributed by atoms with Crippen LogP contribution in [0.4, 0.5) is 5.69 Å². The molecule has 0 spiro atoms. The van der Waals surface area contributed by atoms with Crippen molar-refractivity contribution in [3.05, 3.63) is 51.8 Å². The van der Waals surface area contributed by atoms with Crippen LogP contribution in [0.1, 0.15) is 18.1 Å². The van der Waals surface area contributed by atoms with Gasteiger partial charge in [0, 0.05) is 30.9 Å². The number of nitrogens with one attached hydrogen (secondary N) is 1. The van der Waals surface area contributed by atoms with E-state index in [4.69, 9.17) is 0 Å². The van der Waals surface area contributed by atoms with Crippen molar-refractivity contribution in [2.45, 2.75) is 20.3 Å². The molecule has 1 heterocycles. The number of benzene rings is 1. The fraction of sp³-hybridized carbons (Fsp3) is 0.312. The van der Waals surface area contributed by atoms with Gasteiger partial charge in [-0.25, -0.2) is 0 Å². The minimum Gasteiger partial charge on any atom is -0.377 e. The first-order valence-corrected chi connectivity index (χ1v) is 6.54. The number of anilines is 1. The first kappa shape index (κ1) is 13.4. The summed E-state index contributed by atoms with van der Waals surface area (Å²) in [5.41, 5.74) is 5.04. The van der Waals surface area contributed by atoms with Gasteiger partial charge in [-0.15, -0.1) is 0 Å². The molecule has 0 radical (unpaired) electrons. The Morgan fingerprint density at radius 2 is 1.89 bits per heavy atom. The quantitative estimate of drug-likeness (QED) is 0.916. The van der Waals surface area contributed by atoms with Gasteiger partial charge in [0.15, 0.2) is 0 Å². The van der Waals surface area contributed by atoms with Crippen LogP contribution in [0.25, 0.3) is 11.3 Å². The summed E-state index contributed by atoms with van der Waals surface area (Å²) in [4.78, 5) is 17.0. The molecule has 0 amide bonds. The zero-order valence-corrected chi connectivity index (χ0v) is 11.9. The first-order valence-electron chi connectivity index (χ1n) is 6.54. The van der Waals surface area contributed by atoms with Gasteiger partial charge in [0.1, 0.15) is 0 Å². The average Bonchev–Trinajstić information content (AvgIpc) is 2.41. The van der Waals surface area contributed by atoms with Crippen LogP contribution in [-0.4, -0.2) is 19.1 Å². The molecule has 2 rings (SSSR count). The van der Waals surface area contributed by atoms with Gasteiger partial charge in [0.2, 0.25) is 0 Å². The standard InChI is InChI=1S/C16H20N2O/c1-5-12-10-11(2)16(19)17-15(12)13-8-6-7-9-14(13)18(3)4/h6-10H,5H2,1-4H3,(H,17,19). The Morgan fingerprint density at radius 3 is 2.53 bits per heavy atom. The summed E-state index contributed by atoms with van der Waals surface area (Å²) in [6, 6.07) is 10.1. The third-order valence-corrected chi connectivity index (χ3v) is 3.34. The first-order chi connectivity index (χ1) is 9.04. The van der Waals surface area contributed by atoms with Crippen LogP contribution in [0.3, 0.4) is 0 Å². The Hall–Kier alpha value is -2.03. The number of aryl methyl sites for hydroxylation is 2. The molecule has 0 aliphatic heterocycles. The molecule has 3 nitrogen and oxygen atoms in total. The number of aromatic nitrogens is 1. The average molecular weight is 256 g/mol. The van der Waals surface area contributed by atoms with E-state index in [1.165, 1.54) is 5.56 Å². The summed E-state index contributed by atoms with van der Waals surface area (Å²) < 4.78 is 0. The minimum absolute atomic E-state index is 0.0132. The normalized spacial score (nSPS) is 10.5. The largest absolute Gasteiger partial charge is 0.377 e. The van der Waals surface area contributed by atoms with E-state index in [-0.39, 0.29) is 5.56 Å². The molecule has 3 heteroatoms. The molecule has 0 unspecified atom stereocenters. The van der Waals surface area contributed by atoms with Crippen LogP contribution < -0.4 is 10.5 Å². The number of hydrogen-bond acceptors (Lipinski definition) is 2. The SMILES string of the molecule is CCc1cc(C)c(=O)[nH]c1-c1ccccc1N(C)C. The van der Waals surface area contributed by atoms with Gasteiger partial charge in [-0.05, 0) is 31.0 Å². The highest BCUT2D eigenvalue weighted by molar-refractivity contribution is 5.78. The fourth-order valence-electron chi connectivity index (χ4n) is 2.29. The van der Waals surface area contributed by atoms with E-state index in [1.807, 2.05) is 39.2 Å². The summed E-state index contributed by atoms with van der Waals surface area (Å²) in [6.45, 7) is 3.95. The van der Waals surface area contributed by atoms with Crippen LogP contribution in [-0.2, 0) is 6.42 Å². The van der Waals surface area contributed by atoms with Crippen molar-refractivity contribution in [1.82, 2.24) is 4.98 Å². The summed E-state index contributed by atoms with van der Waals surface area (Å²) >= 11 is 0. The third kappa shape index (κ3) is 2.55. The second-order valence-corrected chi connectivity index (χ2v) is 4.95. The van der Waals surface area contributed by atoms with E-state index in [1.54, 1.807) is 0 Å². The fourth-order valence-corrected chi connectivity index (χ4v) is 2.29. The number of rotatable bonds is 3. The number of para-hydroxylation sites is 1. The zero-order valence-electron chi connectivity index (χ0n) is 11.9. The van der Waals surface area contributed by atoms with E-state index in [9.17, 15) is 4.79 Å². The highest BCUT2D eigenvalue weighted by atomic mass is 16.1. The monoisotopic (exact) mass is 256 g/mol. The Bertz CT molecular complexity index is 641. The summed E-state index contributed by atoms with van der Waals surface area (Å²) in [6.07, 6.45) is 0.898. The second-order valence-electron chi connectivity index (χ2n) is 4.95. The molecule has 19 heavy (non-hydrogen) atoms. The maximum Gasteiger partial charge on any atom is 0.251 e. The molecular formula is C16H20N2O. The minimum atomic E-state index is -0.0132. The van der Waals surface area contributed by atoms with E-state index in [2.05, 4.69) is 28.9 Å². The highest BCUT2D eigenvalue weighted by Gasteiger charge is 2.12. The Kier molecular flexibility index (Phi) is 3.74. The van der Waals surface area contributed by atoms with Crippen molar-refractivity contribution in [3.63, 3.8) is 0 Å². The Labute approximate surface area is 113 Å². The lowest BCUT2D eigenvalue weighted by molar-refractivity contribution is 1.06. The van der Waals surface area contributed by atoms with Crippen molar-refractivity contribution < 1.29 is 0 Å². The molecule has 0 saturated heterocycles. The van der Waals surface area contributed by atoms with Crippen molar-refractivity contribution in [1.29, 1.82) is 0 Å². The molecule has 0 aliphatic rings. The van der Waals surface area contributed by atoms with Gasteiger partial charge in [0.05, 0.1) is 5.69 Å². The topological polar surface area (TPSA) is 36.1 Å². The Morgan fingerprint density at radius 1 is 1.21 bits per heavy atom. The van der Waals surface area contributed by atoms with Crippen molar-refractivity contribution >= 4 is 5.69 Å². The molecule has 0 bridgehead atoms. The van der Waals surface area contributed by atoms with Crippen molar-refractivity contribution in [2.75, 3.05) is 19.0 Å². The summed E-state index contributed by atoms with van der Waals surface area (Å²) in [5.74, 6) is 0. The number of H-pyrrole nitrogens is 1. The van der Waals surface area contributed by atoms with Gasteiger partial charge in [-0.3, -0.25) is 4.79 Å². The van der Waals surface area contributed by atoms with Gasteiger partial charge in [-0.2, -0.15) is 0 Å². The number of aromatic amines is 1. The lowest BCUT2D eigenvalue weighted by Gasteiger charge is -2.19. The van der Waals surface area contributed by atoms with Crippen LogP contribution in [0.2, 0.25) is 0 Å². The van der Waals surface area contributed by atoms with Crippen molar-refractivity contribution in [3.8, 4) is 11.3 Å². The van der Waals surface area contributed by atoms with E-state index in [0.29, 0.717) is 0 Å². The molecule has 100 valence electrons. The van der Waals surface area contributed by atoms with E-state index < -0.39 is 0 Å². The molecule has 2 aromatic rings. The molecule has 0 aliphatic carbocycles. The molecular weight excluding hydrogens is 236 g/mol. The van der Waals surface area contributed by atoms with Gasteiger partial charge in [-0.1, -0.05) is 25.1 Å². The second kappa shape index (κ2) is 5.31. The van der Waals surface area contributed by atoms with Crippen LogP contribution in [0.15, 0.2) is 35.1 Å². The van der Waals surface area contributed by atoms with Crippen LogP contribution >= 0.6 is 0 Å². The van der Waals surface area contributed by atoms with Gasteiger partial charge >= 0.3 is 0 Å². The number of nitrogens with zero attached hydrogens (tertiary/aromatic N) is 1. The lowest BCUT2D eigenvalue weighted by Crippen LogP contribution is -2.15. The zero-order chi connectivity index (χ0) is 14.0. The molecule has 1 aromatic heterocycles. The predicted molar refractivity (Wildman–Crippen MR) is 80.9 cm³/mol. The molecule has 0 saturated carbocycles. The predicted octanol–water partition coefficient (Wildman–Crippen LogP) is 2.98. The highest BCUT2D eigenvalue weighted by Crippen LogP contribution is 2.30. The maximum absolute atomic E-state index is 11.9. The number of hydrogen-bond donors (Lipinski definition) is 1. The molecule has 0 fully saturated rings. The lowest BCUT2D eigenvalue weighted by atomic mass is 10.0. The smallest absolute Gasteiger partial charge is 0.251 e. The van der Waals surface area contributed by atoms with Crippen LogP contribution in [0.5, 0.6) is 0 Å². The van der Waals surface area contributed by atoms with Gasteiger partial charge < -0.3 is 9.88 Å². The van der Waals surface area contributed by atoms with E-state index in [0.717, 1.165) is 28.9 Å².